The molecule has 1 aliphatic rings. The van der Waals surface area contributed by atoms with Crippen LogP contribution in [0.4, 0.5) is 0 Å². The lowest BCUT2D eigenvalue weighted by atomic mass is 9.84. The van der Waals surface area contributed by atoms with E-state index in [4.69, 9.17) is 4.74 Å². The van der Waals surface area contributed by atoms with Crippen molar-refractivity contribution >= 4 is 0 Å². The minimum absolute atomic E-state index is 0.812. The highest BCUT2D eigenvalue weighted by atomic mass is 16.5. The van der Waals surface area contributed by atoms with Gasteiger partial charge >= 0.3 is 0 Å². The van der Waals surface area contributed by atoms with Gasteiger partial charge in [-0.3, -0.25) is 0 Å². The van der Waals surface area contributed by atoms with E-state index in [1.807, 2.05) is 0 Å². The maximum atomic E-state index is 5.12. The average Bonchev–Trinajstić information content (AvgIpc) is 2.36. The number of likely N-dealkylation sites (N-methyl/N-ethyl adjacent to an activating group) is 1. The number of aryl methyl sites for hydroxylation is 1. The van der Waals surface area contributed by atoms with E-state index in [-0.39, 0.29) is 0 Å². The molecule has 0 heterocycles. The lowest BCUT2D eigenvalue weighted by Gasteiger charge is -2.28. The number of benzene rings is 1. The molecule has 1 aromatic rings. The van der Waals surface area contributed by atoms with Crippen LogP contribution in [0, 0.1) is 5.92 Å². The van der Waals surface area contributed by atoms with E-state index in [1.54, 1.807) is 18.2 Å². The topological polar surface area (TPSA) is 12.5 Å². The summed E-state index contributed by atoms with van der Waals surface area (Å²) in [6.07, 6.45) is 3.82. The van der Waals surface area contributed by atoms with Gasteiger partial charge in [0.1, 0.15) is 0 Å². The Hall–Kier alpha value is -0.860. The van der Waals surface area contributed by atoms with E-state index in [9.17, 15) is 0 Å². The molecule has 0 saturated heterocycles. The third kappa shape index (κ3) is 3.55. The molecule has 2 nitrogen and oxygen atoms in total. The molecule has 0 bridgehead atoms. The summed E-state index contributed by atoms with van der Waals surface area (Å²) in [5, 5.41) is 0. The van der Waals surface area contributed by atoms with Crippen LogP contribution in [0.3, 0.4) is 0 Å². The van der Waals surface area contributed by atoms with Gasteiger partial charge in [0.25, 0.3) is 0 Å². The van der Waals surface area contributed by atoms with Gasteiger partial charge in [0, 0.05) is 20.2 Å². The molecule has 0 aliphatic heterocycles. The molecule has 0 saturated carbocycles. The lowest BCUT2D eigenvalue weighted by Crippen LogP contribution is -2.31. The first kappa shape index (κ1) is 12.6. The highest BCUT2D eigenvalue weighted by molar-refractivity contribution is 5.29. The van der Waals surface area contributed by atoms with E-state index in [0.29, 0.717) is 0 Å². The Labute approximate surface area is 105 Å². The zero-order chi connectivity index (χ0) is 12.1. The molecule has 1 atom stereocenters. The zero-order valence-electron chi connectivity index (χ0n) is 11.0. The van der Waals surface area contributed by atoms with Crippen molar-refractivity contribution < 1.29 is 4.74 Å². The molecule has 0 N–H and O–H groups in total. The Morgan fingerprint density at radius 3 is 2.82 bits per heavy atom. The average molecular weight is 233 g/mol. The van der Waals surface area contributed by atoms with E-state index in [0.717, 1.165) is 19.1 Å². The number of hydrogen-bond acceptors (Lipinski definition) is 2. The first-order chi connectivity index (χ1) is 8.29. The largest absolute Gasteiger partial charge is 0.383 e. The number of nitrogens with zero attached hydrogens (tertiary/aromatic N) is 1. The maximum Gasteiger partial charge on any atom is 0.0589 e. The monoisotopic (exact) mass is 233 g/mol. The Bertz CT molecular complexity index is 351. The molecule has 1 aliphatic carbocycles. The van der Waals surface area contributed by atoms with Crippen molar-refractivity contribution in [3.05, 3.63) is 35.4 Å². The van der Waals surface area contributed by atoms with Gasteiger partial charge in [-0.1, -0.05) is 24.3 Å². The second kappa shape index (κ2) is 6.18. The maximum absolute atomic E-state index is 5.12. The Morgan fingerprint density at radius 2 is 2.06 bits per heavy atom. The molecule has 0 fully saturated rings. The third-order valence-electron chi connectivity index (χ3n) is 3.70. The van der Waals surface area contributed by atoms with Crippen molar-refractivity contribution in [1.29, 1.82) is 0 Å². The van der Waals surface area contributed by atoms with Gasteiger partial charge in [-0.25, -0.2) is 0 Å². The smallest absolute Gasteiger partial charge is 0.0589 e. The van der Waals surface area contributed by atoms with E-state index in [2.05, 4.69) is 36.2 Å². The van der Waals surface area contributed by atoms with Crippen LogP contribution in [0.15, 0.2) is 24.3 Å². The van der Waals surface area contributed by atoms with Crippen LogP contribution in [0.25, 0.3) is 0 Å². The van der Waals surface area contributed by atoms with Crippen LogP contribution in [-0.2, 0) is 17.6 Å². The highest BCUT2D eigenvalue weighted by Crippen LogP contribution is 2.25. The fourth-order valence-electron chi connectivity index (χ4n) is 2.71. The summed E-state index contributed by atoms with van der Waals surface area (Å²) < 4.78 is 5.12. The summed E-state index contributed by atoms with van der Waals surface area (Å²) in [6, 6.07) is 8.89. The molecule has 94 valence electrons. The highest BCUT2D eigenvalue weighted by Gasteiger charge is 2.19. The summed E-state index contributed by atoms with van der Waals surface area (Å²) in [4.78, 5) is 2.39. The molecular weight excluding hydrogens is 210 g/mol. The fraction of sp³-hybridized carbons (Fsp3) is 0.600. The predicted molar refractivity (Wildman–Crippen MR) is 71.3 cm³/mol. The summed E-state index contributed by atoms with van der Waals surface area (Å²) in [5.41, 5.74) is 3.12. The number of methoxy groups -OCH3 is 1. The van der Waals surface area contributed by atoms with Crippen molar-refractivity contribution in [1.82, 2.24) is 4.90 Å². The minimum atomic E-state index is 0.812. The van der Waals surface area contributed by atoms with Gasteiger partial charge in [0.05, 0.1) is 6.61 Å². The Balaban J connectivity index is 1.85. The molecule has 1 aromatic carbocycles. The predicted octanol–water partition coefficient (Wildman–Crippen LogP) is 2.37. The van der Waals surface area contributed by atoms with Gasteiger partial charge in [-0.2, -0.15) is 0 Å². The molecule has 2 heteroatoms. The SMILES string of the molecule is COCCN(C)C[C@H]1CCc2ccccc2C1. The molecule has 0 aromatic heterocycles. The molecule has 2 rings (SSSR count). The van der Waals surface area contributed by atoms with Crippen molar-refractivity contribution in [2.45, 2.75) is 19.3 Å². The quantitative estimate of drug-likeness (QED) is 0.774. The molecule has 0 radical (unpaired) electrons. The lowest BCUT2D eigenvalue weighted by molar-refractivity contribution is 0.150. The first-order valence-corrected chi connectivity index (χ1v) is 6.54. The number of rotatable bonds is 5. The second-order valence-electron chi connectivity index (χ2n) is 5.13. The van der Waals surface area contributed by atoms with Crippen LogP contribution >= 0.6 is 0 Å². The Morgan fingerprint density at radius 1 is 1.29 bits per heavy atom. The minimum Gasteiger partial charge on any atom is -0.383 e. The van der Waals surface area contributed by atoms with Crippen LogP contribution in [0.2, 0.25) is 0 Å². The first-order valence-electron chi connectivity index (χ1n) is 6.54. The van der Waals surface area contributed by atoms with E-state index < -0.39 is 0 Å². The van der Waals surface area contributed by atoms with Crippen LogP contribution in [0.5, 0.6) is 0 Å². The van der Waals surface area contributed by atoms with E-state index in [1.165, 1.54) is 25.8 Å². The normalized spacial score (nSPS) is 19.4. The molecular formula is C15H23NO. The van der Waals surface area contributed by atoms with Crippen molar-refractivity contribution in [3.8, 4) is 0 Å². The molecule has 0 amide bonds. The van der Waals surface area contributed by atoms with Crippen LogP contribution in [0.1, 0.15) is 17.5 Å². The van der Waals surface area contributed by atoms with Crippen molar-refractivity contribution in [3.63, 3.8) is 0 Å². The molecule has 0 unspecified atom stereocenters. The molecule has 0 spiro atoms. The summed E-state index contributed by atoms with van der Waals surface area (Å²) >= 11 is 0. The van der Waals surface area contributed by atoms with Crippen molar-refractivity contribution in [2.24, 2.45) is 5.92 Å². The standard InChI is InChI=1S/C15H23NO/c1-16(9-10-17-2)12-13-7-8-14-5-3-4-6-15(14)11-13/h3-6,13H,7-12H2,1-2H3/t13-/m0/s1. The van der Waals surface area contributed by atoms with Gasteiger partial charge in [0.2, 0.25) is 0 Å². The summed E-state index contributed by atoms with van der Waals surface area (Å²) in [7, 11) is 3.96. The van der Waals surface area contributed by atoms with Gasteiger partial charge in [-0.05, 0) is 43.4 Å². The summed E-state index contributed by atoms with van der Waals surface area (Å²) in [5.74, 6) is 0.812. The fourth-order valence-corrected chi connectivity index (χ4v) is 2.71. The van der Waals surface area contributed by atoms with Gasteiger partial charge in [-0.15, -0.1) is 0 Å². The van der Waals surface area contributed by atoms with E-state index >= 15 is 0 Å². The third-order valence-corrected chi connectivity index (χ3v) is 3.70. The van der Waals surface area contributed by atoms with Crippen LogP contribution < -0.4 is 0 Å². The van der Waals surface area contributed by atoms with Gasteiger partial charge < -0.3 is 9.64 Å². The zero-order valence-corrected chi connectivity index (χ0v) is 11.0. The Kier molecular flexibility index (Phi) is 4.57. The summed E-state index contributed by atoms with van der Waals surface area (Å²) in [6.45, 7) is 3.06. The van der Waals surface area contributed by atoms with Crippen LogP contribution in [-0.4, -0.2) is 38.8 Å². The second-order valence-corrected chi connectivity index (χ2v) is 5.13. The number of fused-ring (bicyclic) bond motifs is 1. The van der Waals surface area contributed by atoms with Crippen molar-refractivity contribution in [2.75, 3.05) is 33.9 Å². The van der Waals surface area contributed by atoms with Gasteiger partial charge in [0.15, 0.2) is 0 Å². The number of ether oxygens (including phenoxy) is 1. The number of hydrogen-bond donors (Lipinski definition) is 0. The molecule has 17 heavy (non-hydrogen) atoms.